The Morgan fingerprint density at radius 1 is 1.29 bits per heavy atom. The third-order valence-corrected chi connectivity index (χ3v) is 2.64. The minimum Gasteiger partial charge on any atom is -0.276 e. The van der Waals surface area contributed by atoms with E-state index >= 15 is 0 Å². The summed E-state index contributed by atoms with van der Waals surface area (Å²) in [5.41, 5.74) is -1.84. The Labute approximate surface area is 104 Å². The lowest BCUT2D eigenvalue weighted by Crippen LogP contribution is -2.03. The average molecular weight is 279 g/mol. The summed E-state index contributed by atoms with van der Waals surface area (Å²) in [4.78, 5) is 30.6. The van der Waals surface area contributed by atoms with Gasteiger partial charge < -0.3 is 0 Å². The molecule has 0 aliphatic heterocycles. The van der Waals surface area contributed by atoms with Crippen molar-refractivity contribution in [1.82, 2.24) is 0 Å². The van der Waals surface area contributed by atoms with E-state index in [2.05, 4.69) is 0 Å². The first-order chi connectivity index (χ1) is 7.77. The van der Waals surface area contributed by atoms with Gasteiger partial charge in [0, 0.05) is 11.6 Å². The third kappa shape index (κ3) is 2.34. The topological polar surface area (TPSA) is 103 Å². The highest BCUT2D eigenvalue weighted by atomic mass is 35.5. The van der Waals surface area contributed by atoms with Gasteiger partial charge in [-0.1, -0.05) is 11.6 Å². The molecule has 0 saturated heterocycles. The Bertz CT molecular complexity index is 505. The lowest BCUT2D eigenvalue weighted by molar-refractivity contribution is -0.394. The van der Waals surface area contributed by atoms with Crippen LogP contribution in [0.1, 0.15) is 15.9 Å². The molecule has 0 aliphatic rings. The quantitative estimate of drug-likeness (QED) is 0.480. The van der Waals surface area contributed by atoms with E-state index in [1.165, 1.54) is 6.92 Å². The van der Waals surface area contributed by atoms with Gasteiger partial charge in [0.2, 0.25) is 0 Å². The molecule has 0 atom stereocenters. The first-order valence-corrected chi connectivity index (χ1v) is 4.84. The van der Waals surface area contributed by atoms with Gasteiger partial charge in [-0.2, -0.15) is 0 Å². The van der Waals surface area contributed by atoms with Gasteiger partial charge >= 0.3 is 0 Å². The zero-order valence-electron chi connectivity index (χ0n) is 8.27. The van der Waals surface area contributed by atoms with Crippen LogP contribution in [0.15, 0.2) is 6.07 Å². The van der Waals surface area contributed by atoms with Gasteiger partial charge in [-0.15, -0.1) is 0 Å². The van der Waals surface area contributed by atoms with Crippen LogP contribution in [-0.4, -0.2) is 15.1 Å². The molecule has 1 rings (SSSR count). The lowest BCUT2D eigenvalue weighted by atomic mass is 10.1. The second-order valence-corrected chi connectivity index (χ2v) is 3.74. The highest BCUT2D eigenvalue weighted by molar-refractivity contribution is 6.68. The van der Waals surface area contributed by atoms with E-state index in [1.807, 2.05) is 0 Å². The minimum atomic E-state index is -1.02. The molecule has 9 heteroatoms. The van der Waals surface area contributed by atoms with Crippen molar-refractivity contribution < 1.29 is 14.6 Å². The molecule has 90 valence electrons. The normalized spacial score (nSPS) is 10.1. The summed E-state index contributed by atoms with van der Waals surface area (Å²) in [6.45, 7) is 1.24. The molecule has 0 radical (unpaired) electrons. The number of carbonyl (C=O) groups is 1. The smallest absolute Gasteiger partial charge is 0.276 e. The van der Waals surface area contributed by atoms with Crippen LogP contribution in [-0.2, 0) is 0 Å². The van der Waals surface area contributed by atoms with E-state index in [0.717, 1.165) is 6.07 Å². The molecule has 7 nitrogen and oxygen atoms in total. The molecule has 0 fully saturated rings. The van der Waals surface area contributed by atoms with E-state index in [1.54, 1.807) is 0 Å². The second-order valence-electron chi connectivity index (χ2n) is 3.02. The predicted octanol–water partition coefficient (Wildman–Crippen LogP) is 2.84. The van der Waals surface area contributed by atoms with Gasteiger partial charge in [0.25, 0.3) is 16.6 Å². The van der Waals surface area contributed by atoms with Crippen molar-refractivity contribution in [2.24, 2.45) is 0 Å². The summed E-state index contributed by atoms with van der Waals surface area (Å²) in [6.07, 6.45) is 0. The van der Waals surface area contributed by atoms with Crippen molar-refractivity contribution in [2.75, 3.05) is 0 Å². The molecule has 0 N–H and O–H groups in total. The Kier molecular flexibility index (Phi) is 3.64. The Balaban J connectivity index is 3.76. The van der Waals surface area contributed by atoms with E-state index in [9.17, 15) is 25.0 Å². The fourth-order valence-electron chi connectivity index (χ4n) is 1.28. The van der Waals surface area contributed by atoms with Gasteiger partial charge in [-0.25, -0.2) is 0 Å². The van der Waals surface area contributed by atoms with E-state index in [4.69, 9.17) is 23.2 Å². The van der Waals surface area contributed by atoms with Crippen molar-refractivity contribution in [3.8, 4) is 0 Å². The van der Waals surface area contributed by atoms with Gasteiger partial charge in [-0.3, -0.25) is 25.0 Å². The van der Waals surface area contributed by atoms with Crippen LogP contribution >= 0.6 is 23.2 Å². The Morgan fingerprint density at radius 2 is 1.82 bits per heavy atom. The van der Waals surface area contributed by atoms with Crippen LogP contribution in [0.3, 0.4) is 0 Å². The van der Waals surface area contributed by atoms with Crippen molar-refractivity contribution >= 4 is 39.8 Å². The summed E-state index contributed by atoms with van der Waals surface area (Å²) in [6, 6.07) is 0.819. The highest BCUT2D eigenvalue weighted by Gasteiger charge is 2.30. The molecular formula is C8H4Cl2N2O5. The maximum Gasteiger partial charge on any atom is 0.298 e. The minimum absolute atomic E-state index is 0.106. The summed E-state index contributed by atoms with van der Waals surface area (Å²) in [5, 5.41) is 19.7. The fraction of sp³-hybridized carbons (Fsp3) is 0.125. The highest BCUT2D eigenvalue weighted by Crippen LogP contribution is 2.38. The van der Waals surface area contributed by atoms with E-state index in [0.29, 0.717) is 0 Å². The number of carbonyl (C=O) groups excluding carboxylic acids is 1. The number of rotatable bonds is 3. The molecule has 0 aliphatic carbocycles. The molecule has 0 bridgehead atoms. The monoisotopic (exact) mass is 278 g/mol. The molecule has 0 spiro atoms. The van der Waals surface area contributed by atoms with Gasteiger partial charge in [-0.05, 0) is 18.5 Å². The summed E-state index contributed by atoms with van der Waals surface area (Å²) in [7, 11) is 0. The second kappa shape index (κ2) is 4.64. The maximum atomic E-state index is 11.0. The zero-order valence-corrected chi connectivity index (χ0v) is 9.78. The number of hydrogen-bond acceptors (Lipinski definition) is 5. The van der Waals surface area contributed by atoms with Crippen LogP contribution in [0.5, 0.6) is 0 Å². The molecular weight excluding hydrogens is 275 g/mol. The molecule has 1 aromatic rings. The van der Waals surface area contributed by atoms with E-state index in [-0.39, 0.29) is 11.1 Å². The van der Waals surface area contributed by atoms with Crippen LogP contribution in [0.2, 0.25) is 5.02 Å². The number of halogens is 2. The molecule has 0 saturated carbocycles. The number of hydrogen-bond donors (Lipinski definition) is 0. The standard InChI is InChI=1S/C8H4Cl2N2O5/c1-3-4(8(10)13)2-5(11(14)15)6(9)7(3)12(16)17/h2H,1H3. The first-order valence-electron chi connectivity index (χ1n) is 4.09. The number of nitro benzene ring substituents is 2. The molecule has 17 heavy (non-hydrogen) atoms. The average Bonchev–Trinajstić information content (AvgIpc) is 2.15. The number of benzene rings is 1. The molecule has 0 amide bonds. The first kappa shape index (κ1) is 13.3. The molecule has 0 aromatic heterocycles. The lowest BCUT2D eigenvalue weighted by Gasteiger charge is -2.04. The number of nitro groups is 2. The summed E-state index contributed by atoms with van der Waals surface area (Å²) >= 11 is 10.7. The van der Waals surface area contributed by atoms with Crippen LogP contribution in [0, 0.1) is 27.2 Å². The largest absolute Gasteiger partial charge is 0.298 e. The van der Waals surface area contributed by atoms with Crippen LogP contribution in [0.25, 0.3) is 0 Å². The Morgan fingerprint density at radius 3 is 2.18 bits per heavy atom. The number of nitrogens with zero attached hydrogens (tertiary/aromatic N) is 2. The zero-order chi connectivity index (χ0) is 13.3. The summed E-state index contributed by atoms with van der Waals surface area (Å²) in [5.74, 6) is 0. The van der Waals surface area contributed by atoms with Gasteiger partial charge in [0.1, 0.15) is 0 Å². The van der Waals surface area contributed by atoms with E-state index < -0.39 is 31.5 Å². The van der Waals surface area contributed by atoms with Crippen molar-refractivity contribution in [3.05, 3.63) is 42.4 Å². The van der Waals surface area contributed by atoms with Gasteiger partial charge in [0.05, 0.1) is 15.4 Å². The van der Waals surface area contributed by atoms with Crippen LogP contribution in [0.4, 0.5) is 11.4 Å². The molecule has 1 aromatic carbocycles. The third-order valence-electron chi connectivity index (χ3n) is 2.06. The van der Waals surface area contributed by atoms with Crippen molar-refractivity contribution in [1.29, 1.82) is 0 Å². The summed E-state index contributed by atoms with van der Waals surface area (Å²) < 4.78 is 0. The molecule has 0 heterocycles. The van der Waals surface area contributed by atoms with Crippen LogP contribution < -0.4 is 0 Å². The fourth-order valence-corrected chi connectivity index (χ4v) is 1.81. The maximum absolute atomic E-state index is 11.0. The SMILES string of the molecule is Cc1c(C(=O)Cl)cc([N+](=O)[O-])c(Cl)c1[N+](=O)[O-]. The predicted molar refractivity (Wildman–Crippen MR) is 59.7 cm³/mol. The van der Waals surface area contributed by atoms with Gasteiger partial charge in [0.15, 0.2) is 5.02 Å². The van der Waals surface area contributed by atoms with Crippen molar-refractivity contribution in [3.63, 3.8) is 0 Å². The molecule has 0 unspecified atom stereocenters. The Hall–Kier alpha value is -1.73. The van der Waals surface area contributed by atoms with Crippen molar-refractivity contribution in [2.45, 2.75) is 6.92 Å².